The molecule has 138 valence electrons. The molecule has 2 heterocycles. The lowest BCUT2D eigenvalue weighted by atomic mass is 10.1. The van der Waals surface area contributed by atoms with Gasteiger partial charge in [0.25, 0.3) is 0 Å². The number of rotatable bonds is 3. The lowest BCUT2D eigenvalue weighted by Gasteiger charge is -2.20. The number of hydrogen-bond donors (Lipinski definition) is 1. The fourth-order valence-electron chi connectivity index (χ4n) is 3.97. The van der Waals surface area contributed by atoms with Crippen molar-refractivity contribution in [2.75, 3.05) is 16.8 Å². The third-order valence-electron chi connectivity index (χ3n) is 5.63. The van der Waals surface area contributed by atoms with Crippen molar-refractivity contribution in [2.45, 2.75) is 39.5 Å². The van der Waals surface area contributed by atoms with Gasteiger partial charge in [-0.2, -0.15) is 5.26 Å². The van der Waals surface area contributed by atoms with Crippen LogP contribution >= 0.6 is 11.3 Å². The lowest BCUT2D eigenvalue weighted by molar-refractivity contribution is -0.122. The topological polar surface area (TPSA) is 73.2 Å². The molecule has 0 radical (unpaired) electrons. The molecular weight excluding hydrogens is 358 g/mol. The van der Waals surface area contributed by atoms with Crippen LogP contribution in [-0.4, -0.2) is 18.4 Å². The van der Waals surface area contributed by atoms with Crippen LogP contribution in [-0.2, 0) is 22.4 Å². The fourth-order valence-corrected chi connectivity index (χ4v) is 5.21. The Labute approximate surface area is 162 Å². The van der Waals surface area contributed by atoms with Crippen LogP contribution in [0.25, 0.3) is 0 Å². The molecule has 1 aliphatic heterocycles. The average Bonchev–Trinajstić information content (AvgIpc) is 3.32. The van der Waals surface area contributed by atoms with Crippen molar-refractivity contribution >= 4 is 33.8 Å². The van der Waals surface area contributed by atoms with Crippen molar-refractivity contribution in [1.29, 1.82) is 5.26 Å². The minimum Gasteiger partial charge on any atom is -0.316 e. The second-order valence-electron chi connectivity index (χ2n) is 7.29. The zero-order chi connectivity index (χ0) is 19.1. The van der Waals surface area contributed by atoms with Gasteiger partial charge in [-0.25, -0.2) is 0 Å². The number of thiophene rings is 1. The molecule has 27 heavy (non-hydrogen) atoms. The van der Waals surface area contributed by atoms with Crippen LogP contribution in [0.15, 0.2) is 18.2 Å². The van der Waals surface area contributed by atoms with E-state index in [1.807, 2.05) is 32.0 Å². The van der Waals surface area contributed by atoms with Gasteiger partial charge in [-0.05, 0) is 55.9 Å². The summed E-state index contributed by atoms with van der Waals surface area (Å²) in [6.07, 6.45) is 3.16. The van der Waals surface area contributed by atoms with E-state index in [-0.39, 0.29) is 18.2 Å². The minimum absolute atomic E-state index is 0.0296. The Bertz CT molecular complexity index is 986. The third-order valence-corrected chi connectivity index (χ3v) is 6.84. The third kappa shape index (κ3) is 3.02. The van der Waals surface area contributed by atoms with E-state index in [0.717, 1.165) is 41.6 Å². The molecule has 0 spiro atoms. The first-order valence-electron chi connectivity index (χ1n) is 9.21. The Hall–Kier alpha value is -2.65. The number of carbonyl (C=O) groups excluding carboxylic acids is 2. The molecule has 1 aliphatic carbocycles. The largest absolute Gasteiger partial charge is 0.316 e. The van der Waals surface area contributed by atoms with Gasteiger partial charge in [0.05, 0.1) is 11.5 Å². The maximum absolute atomic E-state index is 12.8. The molecule has 5 nitrogen and oxygen atoms in total. The summed E-state index contributed by atoms with van der Waals surface area (Å²) in [6.45, 7) is 4.39. The van der Waals surface area contributed by atoms with Gasteiger partial charge in [-0.15, -0.1) is 11.3 Å². The van der Waals surface area contributed by atoms with Crippen molar-refractivity contribution in [3.8, 4) is 6.07 Å². The number of hydrogen-bond acceptors (Lipinski definition) is 4. The number of anilines is 2. The summed E-state index contributed by atoms with van der Waals surface area (Å²) >= 11 is 1.51. The number of nitrogens with zero attached hydrogens (tertiary/aromatic N) is 2. The molecule has 1 N–H and O–H groups in total. The summed E-state index contributed by atoms with van der Waals surface area (Å²) in [7, 11) is 0. The van der Waals surface area contributed by atoms with Crippen LogP contribution in [0, 0.1) is 31.1 Å². The Morgan fingerprint density at radius 2 is 2.15 bits per heavy atom. The van der Waals surface area contributed by atoms with Crippen LogP contribution in [0.4, 0.5) is 10.7 Å². The van der Waals surface area contributed by atoms with Gasteiger partial charge in [0.1, 0.15) is 11.1 Å². The second kappa shape index (κ2) is 6.82. The van der Waals surface area contributed by atoms with Gasteiger partial charge in [0.2, 0.25) is 11.8 Å². The monoisotopic (exact) mass is 379 g/mol. The maximum Gasteiger partial charge on any atom is 0.230 e. The minimum atomic E-state index is -0.402. The van der Waals surface area contributed by atoms with Crippen molar-refractivity contribution in [2.24, 2.45) is 5.92 Å². The smallest absolute Gasteiger partial charge is 0.230 e. The molecule has 1 aromatic carbocycles. The van der Waals surface area contributed by atoms with Gasteiger partial charge in [0.15, 0.2) is 0 Å². The van der Waals surface area contributed by atoms with E-state index in [4.69, 9.17) is 0 Å². The van der Waals surface area contributed by atoms with Crippen LogP contribution in [0.2, 0.25) is 0 Å². The highest BCUT2D eigenvalue weighted by Crippen LogP contribution is 2.39. The number of aryl methyl sites for hydroxylation is 2. The number of nitrogens with one attached hydrogen (secondary N) is 1. The average molecular weight is 379 g/mol. The highest BCUT2D eigenvalue weighted by Gasteiger charge is 2.36. The fraction of sp³-hybridized carbons (Fsp3) is 0.381. The number of amides is 2. The van der Waals surface area contributed by atoms with Gasteiger partial charge in [0, 0.05) is 23.5 Å². The van der Waals surface area contributed by atoms with E-state index in [1.165, 1.54) is 16.2 Å². The summed E-state index contributed by atoms with van der Waals surface area (Å²) in [5.74, 6) is -0.605. The Morgan fingerprint density at radius 1 is 1.33 bits per heavy atom. The molecule has 1 unspecified atom stereocenters. The van der Waals surface area contributed by atoms with Crippen molar-refractivity contribution < 1.29 is 9.59 Å². The number of benzene rings is 1. The molecular formula is C21H21N3O2S. The summed E-state index contributed by atoms with van der Waals surface area (Å²) in [4.78, 5) is 28.3. The highest BCUT2D eigenvalue weighted by atomic mass is 32.1. The molecule has 1 aromatic heterocycles. The molecule has 1 fully saturated rings. The SMILES string of the molecule is Cc1cccc(N2CC(C(=O)Nc3sc4c(c3C#N)CCC4)CC2=O)c1C. The zero-order valence-electron chi connectivity index (χ0n) is 15.5. The van der Waals surface area contributed by atoms with E-state index < -0.39 is 5.92 Å². The maximum atomic E-state index is 12.8. The first-order chi connectivity index (χ1) is 13.0. The Morgan fingerprint density at radius 3 is 2.93 bits per heavy atom. The number of fused-ring (bicyclic) bond motifs is 1. The van der Waals surface area contributed by atoms with Crippen LogP contribution in [0.3, 0.4) is 0 Å². The molecule has 0 saturated carbocycles. The van der Waals surface area contributed by atoms with Crippen LogP contribution in [0.5, 0.6) is 0 Å². The predicted octanol–water partition coefficient (Wildman–Crippen LogP) is 3.72. The van der Waals surface area contributed by atoms with Crippen LogP contribution < -0.4 is 10.2 Å². The van der Waals surface area contributed by atoms with E-state index in [0.29, 0.717) is 17.1 Å². The van der Waals surface area contributed by atoms with Gasteiger partial charge < -0.3 is 10.2 Å². The van der Waals surface area contributed by atoms with Crippen molar-refractivity contribution in [3.05, 3.63) is 45.3 Å². The second-order valence-corrected chi connectivity index (χ2v) is 8.39. The van der Waals surface area contributed by atoms with Crippen LogP contribution in [0.1, 0.15) is 40.0 Å². The summed E-state index contributed by atoms with van der Waals surface area (Å²) < 4.78 is 0. The van der Waals surface area contributed by atoms with Crippen molar-refractivity contribution in [1.82, 2.24) is 0 Å². The molecule has 2 aromatic rings. The molecule has 1 saturated heterocycles. The zero-order valence-corrected chi connectivity index (χ0v) is 16.3. The molecule has 2 aliphatic rings. The molecule has 0 bridgehead atoms. The predicted molar refractivity (Wildman–Crippen MR) is 106 cm³/mol. The molecule has 4 rings (SSSR count). The van der Waals surface area contributed by atoms with E-state index in [2.05, 4.69) is 11.4 Å². The molecule has 2 amide bonds. The highest BCUT2D eigenvalue weighted by molar-refractivity contribution is 7.16. The standard InChI is InChI=1S/C21H21N3O2S/c1-12-5-3-7-17(13(12)2)24-11-14(9-19(24)25)20(26)23-21-16(10-22)15-6-4-8-18(15)27-21/h3,5,7,14H,4,6,8-9,11H2,1-2H3,(H,23,26). The number of carbonyl (C=O) groups is 2. The van der Waals surface area contributed by atoms with Gasteiger partial charge >= 0.3 is 0 Å². The summed E-state index contributed by atoms with van der Waals surface area (Å²) in [5.41, 5.74) is 4.77. The first-order valence-corrected chi connectivity index (χ1v) is 10.0. The van der Waals surface area contributed by atoms with Crippen molar-refractivity contribution in [3.63, 3.8) is 0 Å². The quantitative estimate of drug-likeness (QED) is 0.883. The lowest BCUT2D eigenvalue weighted by Crippen LogP contribution is -2.28. The molecule has 6 heteroatoms. The van der Waals surface area contributed by atoms with Gasteiger partial charge in [-0.3, -0.25) is 9.59 Å². The Balaban J connectivity index is 1.52. The normalized spacial score (nSPS) is 18.5. The Kier molecular flexibility index (Phi) is 4.48. The van der Waals surface area contributed by atoms with E-state index in [9.17, 15) is 14.9 Å². The molecule has 1 atom stereocenters. The number of nitriles is 1. The van der Waals surface area contributed by atoms with E-state index >= 15 is 0 Å². The van der Waals surface area contributed by atoms with Gasteiger partial charge in [-0.1, -0.05) is 12.1 Å². The first kappa shape index (κ1) is 17.7. The van der Waals surface area contributed by atoms with E-state index in [1.54, 1.807) is 4.90 Å². The summed E-state index contributed by atoms with van der Waals surface area (Å²) in [5, 5.41) is 13.1. The summed E-state index contributed by atoms with van der Waals surface area (Å²) in [6, 6.07) is 8.13.